The highest BCUT2D eigenvalue weighted by Gasteiger charge is 2.47. The number of benzene rings is 5. The number of halogens is 1. The molecule has 218 valence electrons. The molecule has 0 aromatic heterocycles. The largest absolute Gasteiger partial charge is 0.347 e. The standard InChI is InChI=1S/C41H38ClN2/c1-40(2)37(44(4)36-24-22-31-18-11-12-19-33(31)39(36)40)20-13-21-38-41(27-29-14-7-5-8-15-29,28-30-16-9-6-10-17-30)34-26-32(42)23-25-35(34)43(38)3/h5-26H,27-28H2,1-4H3/q+1. The number of nitrogens with zero attached hydrogens (tertiary/aromatic N) is 2. The first-order chi connectivity index (χ1) is 21.3. The maximum Gasteiger partial charge on any atom is 0.210 e. The lowest BCUT2D eigenvalue weighted by Crippen LogP contribution is -2.34. The predicted octanol–water partition coefficient (Wildman–Crippen LogP) is 9.81. The van der Waals surface area contributed by atoms with Gasteiger partial charge in [0.2, 0.25) is 5.69 Å². The van der Waals surface area contributed by atoms with E-state index in [9.17, 15) is 0 Å². The number of anilines is 1. The Balaban J connectivity index is 1.36. The van der Waals surface area contributed by atoms with Gasteiger partial charge in [-0.15, -0.1) is 0 Å². The highest BCUT2D eigenvalue weighted by atomic mass is 35.5. The maximum atomic E-state index is 6.71. The maximum absolute atomic E-state index is 6.71. The first-order valence-electron chi connectivity index (χ1n) is 15.4. The van der Waals surface area contributed by atoms with Gasteiger partial charge in [0.15, 0.2) is 5.71 Å². The zero-order chi connectivity index (χ0) is 30.5. The quantitative estimate of drug-likeness (QED) is 0.178. The molecule has 0 aliphatic carbocycles. The highest BCUT2D eigenvalue weighted by Crippen LogP contribution is 2.52. The molecule has 0 bridgehead atoms. The van der Waals surface area contributed by atoms with Crippen LogP contribution in [0.1, 0.15) is 36.1 Å². The molecule has 2 aliphatic heterocycles. The third-order valence-electron chi connectivity index (χ3n) is 9.79. The number of rotatable bonds is 6. The van der Waals surface area contributed by atoms with Gasteiger partial charge in [-0.05, 0) is 84.5 Å². The second kappa shape index (κ2) is 10.9. The van der Waals surface area contributed by atoms with Gasteiger partial charge in [-0.2, -0.15) is 4.58 Å². The van der Waals surface area contributed by atoms with Gasteiger partial charge in [0, 0.05) is 46.6 Å². The highest BCUT2D eigenvalue weighted by molar-refractivity contribution is 6.30. The summed E-state index contributed by atoms with van der Waals surface area (Å²) in [6.07, 6.45) is 8.68. The van der Waals surface area contributed by atoms with E-state index in [4.69, 9.17) is 11.6 Å². The van der Waals surface area contributed by atoms with Crippen LogP contribution in [0.4, 0.5) is 11.4 Å². The fourth-order valence-electron chi connectivity index (χ4n) is 7.79. The van der Waals surface area contributed by atoms with Crippen LogP contribution in [0.3, 0.4) is 0 Å². The molecule has 44 heavy (non-hydrogen) atoms. The van der Waals surface area contributed by atoms with Gasteiger partial charge in [-0.3, -0.25) is 0 Å². The molecule has 2 nitrogen and oxygen atoms in total. The van der Waals surface area contributed by atoms with E-state index in [1.54, 1.807) is 0 Å². The molecule has 5 aromatic carbocycles. The molecule has 0 N–H and O–H groups in total. The van der Waals surface area contributed by atoms with Crippen LogP contribution >= 0.6 is 11.6 Å². The normalized spacial score (nSPS) is 17.6. The van der Waals surface area contributed by atoms with Crippen molar-refractivity contribution in [2.75, 3.05) is 19.0 Å². The molecule has 2 aliphatic rings. The summed E-state index contributed by atoms with van der Waals surface area (Å²) in [5, 5.41) is 3.39. The van der Waals surface area contributed by atoms with E-state index in [0.29, 0.717) is 0 Å². The lowest BCUT2D eigenvalue weighted by Gasteiger charge is -2.33. The summed E-state index contributed by atoms with van der Waals surface area (Å²) in [5.74, 6) is 0. The first-order valence-corrected chi connectivity index (χ1v) is 15.8. The number of likely N-dealkylation sites (N-methyl/N-ethyl adjacent to an activating group) is 1. The van der Waals surface area contributed by atoms with Crippen molar-refractivity contribution in [1.82, 2.24) is 0 Å². The summed E-state index contributed by atoms with van der Waals surface area (Å²) >= 11 is 6.71. The first kappa shape index (κ1) is 28.4. The molecule has 0 spiro atoms. The minimum absolute atomic E-state index is 0.136. The van der Waals surface area contributed by atoms with Gasteiger partial charge in [0.25, 0.3) is 0 Å². The number of hydrogen-bond donors (Lipinski definition) is 0. The molecule has 0 saturated heterocycles. The Morgan fingerprint density at radius 1 is 0.773 bits per heavy atom. The fourth-order valence-corrected chi connectivity index (χ4v) is 7.96. The lowest BCUT2D eigenvalue weighted by atomic mass is 9.70. The molecule has 0 radical (unpaired) electrons. The molecular formula is C41H38ClN2+. The van der Waals surface area contributed by atoms with Crippen molar-refractivity contribution in [1.29, 1.82) is 0 Å². The van der Waals surface area contributed by atoms with E-state index in [0.717, 1.165) is 17.9 Å². The Bertz CT molecular complexity index is 1920. The molecule has 0 atom stereocenters. The van der Waals surface area contributed by atoms with Gasteiger partial charge < -0.3 is 4.90 Å². The Morgan fingerprint density at radius 2 is 1.41 bits per heavy atom. The molecule has 2 heterocycles. The molecule has 0 fully saturated rings. The minimum Gasteiger partial charge on any atom is -0.347 e. The molecular weight excluding hydrogens is 556 g/mol. The van der Waals surface area contributed by atoms with Crippen molar-refractivity contribution >= 4 is 39.5 Å². The minimum atomic E-state index is -0.289. The predicted molar refractivity (Wildman–Crippen MR) is 187 cm³/mol. The molecule has 7 rings (SSSR count). The lowest BCUT2D eigenvalue weighted by molar-refractivity contribution is -0.401. The Kier molecular flexibility index (Phi) is 7.06. The number of allylic oxidation sites excluding steroid dienone is 4. The van der Waals surface area contributed by atoms with Crippen LogP contribution in [0, 0.1) is 0 Å². The van der Waals surface area contributed by atoms with Crippen molar-refractivity contribution in [2.45, 2.75) is 37.5 Å². The Morgan fingerprint density at radius 3 is 2.09 bits per heavy atom. The summed E-state index contributed by atoms with van der Waals surface area (Å²) in [7, 11) is 4.40. The average molecular weight is 594 g/mol. The Labute approximate surface area is 266 Å². The topological polar surface area (TPSA) is 6.25 Å². The third-order valence-corrected chi connectivity index (χ3v) is 10.0. The fraction of sp³-hybridized carbons (Fsp3) is 0.195. The van der Waals surface area contributed by atoms with Gasteiger partial charge >= 0.3 is 0 Å². The SMILES string of the molecule is CN1C(=CC=CC2=[N+](C)c3ccc4ccccc4c3C2(C)C)C(Cc2ccccc2)(Cc2ccccc2)c2cc(Cl)ccc21. The second-order valence-corrected chi connectivity index (χ2v) is 13.2. The van der Waals surface area contributed by atoms with Crippen LogP contribution in [-0.4, -0.2) is 24.4 Å². The van der Waals surface area contributed by atoms with Crippen molar-refractivity contribution < 1.29 is 4.58 Å². The van der Waals surface area contributed by atoms with E-state index in [-0.39, 0.29) is 10.8 Å². The van der Waals surface area contributed by atoms with E-state index in [1.807, 2.05) is 6.07 Å². The van der Waals surface area contributed by atoms with Crippen molar-refractivity contribution in [2.24, 2.45) is 0 Å². The van der Waals surface area contributed by atoms with E-state index in [1.165, 1.54) is 55.8 Å². The molecule has 0 saturated carbocycles. The summed E-state index contributed by atoms with van der Waals surface area (Å²) < 4.78 is 2.37. The van der Waals surface area contributed by atoms with E-state index < -0.39 is 0 Å². The zero-order valence-corrected chi connectivity index (χ0v) is 26.6. The summed E-state index contributed by atoms with van der Waals surface area (Å²) in [6.45, 7) is 4.70. The summed E-state index contributed by atoms with van der Waals surface area (Å²) in [4.78, 5) is 2.37. The molecule has 3 heteroatoms. The van der Waals surface area contributed by atoms with E-state index in [2.05, 4.69) is 165 Å². The van der Waals surface area contributed by atoms with Crippen molar-refractivity contribution in [3.8, 4) is 0 Å². The Hall–Kier alpha value is -4.40. The van der Waals surface area contributed by atoms with Crippen LogP contribution in [0.25, 0.3) is 10.8 Å². The van der Waals surface area contributed by atoms with Gasteiger partial charge in [0.05, 0.1) is 5.41 Å². The van der Waals surface area contributed by atoms with Crippen LogP contribution < -0.4 is 4.90 Å². The zero-order valence-electron chi connectivity index (χ0n) is 25.9. The van der Waals surface area contributed by atoms with Gasteiger partial charge in [0.1, 0.15) is 7.05 Å². The molecule has 0 unspecified atom stereocenters. The monoisotopic (exact) mass is 593 g/mol. The van der Waals surface area contributed by atoms with Crippen molar-refractivity contribution in [3.63, 3.8) is 0 Å². The van der Waals surface area contributed by atoms with Crippen LogP contribution in [0.5, 0.6) is 0 Å². The second-order valence-electron chi connectivity index (χ2n) is 12.8. The van der Waals surface area contributed by atoms with E-state index >= 15 is 0 Å². The molecule has 5 aromatic rings. The van der Waals surface area contributed by atoms with Gasteiger partial charge in [-0.25, -0.2) is 0 Å². The summed E-state index contributed by atoms with van der Waals surface area (Å²) in [5.41, 5.74) is 9.94. The third kappa shape index (κ3) is 4.60. The van der Waals surface area contributed by atoms with Crippen LogP contribution in [0.2, 0.25) is 5.02 Å². The van der Waals surface area contributed by atoms with Gasteiger partial charge in [-0.1, -0.05) is 103 Å². The smallest absolute Gasteiger partial charge is 0.210 e. The average Bonchev–Trinajstić information content (AvgIpc) is 3.36. The van der Waals surface area contributed by atoms with Crippen molar-refractivity contribution in [3.05, 3.63) is 166 Å². The number of fused-ring (bicyclic) bond motifs is 4. The van der Waals surface area contributed by atoms with Crippen LogP contribution in [0.15, 0.2) is 139 Å². The number of hydrogen-bond acceptors (Lipinski definition) is 1. The summed E-state index contributed by atoms with van der Waals surface area (Å²) in [6, 6.07) is 41.4. The molecule has 0 amide bonds. The van der Waals surface area contributed by atoms with Crippen LogP contribution in [-0.2, 0) is 23.7 Å².